The molecule has 2 aromatic heterocycles. The first kappa shape index (κ1) is 23.7. The molecule has 0 unspecified atom stereocenters. The third-order valence-electron chi connectivity index (χ3n) is 5.14. The third kappa shape index (κ3) is 5.31. The summed E-state index contributed by atoms with van der Waals surface area (Å²) in [6, 6.07) is 20.1. The Kier molecular flexibility index (Phi) is 6.71. The minimum atomic E-state index is -0.373. The fourth-order valence-electron chi connectivity index (χ4n) is 3.43. The van der Waals surface area contributed by atoms with Gasteiger partial charge in [-0.3, -0.25) is 4.79 Å². The molecule has 1 amide bonds. The summed E-state index contributed by atoms with van der Waals surface area (Å²) in [5, 5.41) is 4.75. The van der Waals surface area contributed by atoms with Crippen LogP contribution in [0.5, 0.6) is 5.75 Å². The highest BCUT2D eigenvalue weighted by atomic mass is 35.5. The average Bonchev–Trinajstić information content (AvgIpc) is 3.46. The van der Waals surface area contributed by atoms with Crippen LogP contribution in [0.2, 0.25) is 15.1 Å². The molecule has 5 rings (SSSR count). The normalized spacial score (nSPS) is 11.1. The largest absolute Gasteiger partial charge is 0.483 e. The van der Waals surface area contributed by atoms with Gasteiger partial charge in [-0.25, -0.2) is 4.98 Å². The van der Waals surface area contributed by atoms with E-state index in [1.165, 1.54) is 17.7 Å². The van der Waals surface area contributed by atoms with E-state index in [9.17, 15) is 4.79 Å². The molecule has 0 aliphatic carbocycles. The molecule has 0 atom stereocenters. The number of rotatable bonds is 6. The predicted octanol–water partition coefficient (Wildman–Crippen LogP) is 8.66. The molecule has 0 aliphatic heterocycles. The Morgan fingerprint density at radius 1 is 1.00 bits per heavy atom. The number of thiazole rings is 1. The Morgan fingerprint density at radius 3 is 2.49 bits per heavy atom. The Balaban J connectivity index is 1.23. The Labute approximate surface area is 220 Å². The number of ether oxygens (including phenoxy) is 1. The van der Waals surface area contributed by atoms with Crippen molar-refractivity contribution in [1.82, 2.24) is 4.98 Å². The quantitative estimate of drug-likeness (QED) is 0.233. The van der Waals surface area contributed by atoms with Gasteiger partial charge in [-0.15, -0.1) is 11.3 Å². The zero-order valence-corrected chi connectivity index (χ0v) is 21.4. The van der Waals surface area contributed by atoms with Gasteiger partial charge in [-0.1, -0.05) is 40.9 Å². The molecule has 0 radical (unpaired) electrons. The zero-order valence-electron chi connectivity index (χ0n) is 18.3. The van der Waals surface area contributed by atoms with Crippen LogP contribution in [0, 0.1) is 6.92 Å². The number of anilines is 1. The van der Waals surface area contributed by atoms with Crippen LogP contribution < -0.4 is 10.1 Å². The highest BCUT2D eigenvalue weighted by Gasteiger charge is 2.15. The maximum Gasteiger partial charge on any atom is 0.291 e. The molecule has 35 heavy (non-hydrogen) atoms. The van der Waals surface area contributed by atoms with Crippen molar-refractivity contribution in [1.29, 1.82) is 0 Å². The molecule has 9 heteroatoms. The molecular formula is C26H17Cl3N2O3S. The van der Waals surface area contributed by atoms with Crippen LogP contribution in [0.4, 0.5) is 5.69 Å². The summed E-state index contributed by atoms with van der Waals surface area (Å²) in [7, 11) is 0. The van der Waals surface area contributed by atoms with Gasteiger partial charge in [0.15, 0.2) is 11.5 Å². The first-order valence-electron chi connectivity index (χ1n) is 10.5. The lowest BCUT2D eigenvalue weighted by atomic mass is 10.2. The number of fused-ring (bicyclic) bond motifs is 1. The van der Waals surface area contributed by atoms with E-state index in [-0.39, 0.29) is 28.3 Å². The number of hydrogen-bond donors (Lipinski definition) is 1. The van der Waals surface area contributed by atoms with Crippen LogP contribution in [-0.2, 0) is 6.61 Å². The lowest BCUT2D eigenvalue weighted by Gasteiger charge is -2.09. The van der Waals surface area contributed by atoms with Gasteiger partial charge < -0.3 is 14.5 Å². The van der Waals surface area contributed by atoms with Gasteiger partial charge in [0.25, 0.3) is 5.91 Å². The first-order valence-corrected chi connectivity index (χ1v) is 12.5. The fraction of sp³-hybridized carbons (Fsp3) is 0.0769. The highest BCUT2D eigenvalue weighted by Crippen LogP contribution is 2.36. The van der Waals surface area contributed by atoms with Crippen molar-refractivity contribution in [3.8, 4) is 16.3 Å². The van der Waals surface area contributed by atoms with Gasteiger partial charge in [-0.2, -0.15) is 0 Å². The summed E-state index contributed by atoms with van der Waals surface area (Å²) in [5.41, 5.74) is 3.81. The Bertz CT molecular complexity index is 1520. The number of amides is 1. The second-order valence-electron chi connectivity index (χ2n) is 7.77. The Morgan fingerprint density at radius 2 is 1.74 bits per heavy atom. The fourth-order valence-corrected chi connectivity index (χ4v) is 5.43. The summed E-state index contributed by atoms with van der Waals surface area (Å²) in [4.78, 5) is 17.3. The van der Waals surface area contributed by atoms with Gasteiger partial charge in [0.2, 0.25) is 0 Å². The van der Waals surface area contributed by atoms with E-state index in [1.54, 1.807) is 23.5 Å². The molecule has 0 bridgehead atoms. The number of nitrogens with zero attached hydrogens (tertiary/aromatic N) is 1. The molecule has 0 fully saturated rings. The number of aromatic nitrogens is 1. The number of halogens is 3. The molecule has 0 spiro atoms. The second kappa shape index (κ2) is 9.91. The average molecular weight is 544 g/mol. The highest BCUT2D eigenvalue weighted by molar-refractivity contribution is 7.21. The van der Waals surface area contributed by atoms with E-state index in [1.807, 2.05) is 30.3 Å². The van der Waals surface area contributed by atoms with E-state index < -0.39 is 0 Å². The minimum Gasteiger partial charge on any atom is -0.483 e. The molecule has 0 aliphatic rings. The maximum absolute atomic E-state index is 12.6. The summed E-state index contributed by atoms with van der Waals surface area (Å²) in [5.74, 6) is 0.520. The zero-order chi connectivity index (χ0) is 24.5. The first-order chi connectivity index (χ1) is 16.9. The van der Waals surface area contributed by atoms with Crippen molar-refractivity contribution in [2.24, 2.45) is 0 Å². The van der Waals surface area contributed by atoms with Crippen LogP contribution in [0.1, 0.15) is 21.9 Å². The van der Waals surface area contributed by atoms with Crippen molar-refractivity contribution in [2.45, 2.75) is 13.5 Å². The molecule has 0 saturated heterocycles. The van der Waals surface area contributed by atoms with E-state index in [0.29, 0.717) is 22.2 Å². The lowest BCUT2D eigenvalue weighted by molar-refractivity contribution is 0.0992. The van der Waals surface area contributed by atoms with E-state index in [0.717, 1.165) is 20.8 Å². The monoisotopic (exact) mass is 542 g/mol. The number of carbonyl (C=O) groups excluding carboxylic acids is 1. The van der Waals surface area contributed by atoms with Crippen LogP contribution >= 0.6 is 46.1 Å². The van der Waals surface area contributed by atoms with Gasteiger partial charge in [0, 0.05) is 16.3 Å². The van der Waals surface area contributed by atoms with Crippen molar-refractivity contribution >= 4 is 68.0 Å². The SMILES string of the molecule is Cc1ccc2nc(-c3ccc(NC(=O)c4ccc(COc5c(Cl)cc(Cl)cc5Cl)o4)cc3)sc2c1. The second-order valence-corrected chi connectivity index (χ2v) is 10.1. The number of nitrogens with one attached hydrogen (secondary N) is 1. The Hall–Kier alpha value is -3.03. The summed E-state index contributed by atoms with van der Waals surface area (Å²) < 4.78 is 12.4. The van der Waals surface area contributed by atoms with E-state index >= 15 is 0 Å². The number of aryl methyl sites for hydroxylation is 1. The molecule has 176 valence electrons. The van der Waals surface area contributed by atoms with Gasteiger partial charge in [0.05, 0.1) is 20.3 Å². The molecule has 0 saturated carbocycles. The minimum absolute atomic E-state index is 0.0464. The molecule has 5 nitrogen and oxygen atoms in total. The summed E-state index contributed by atoms with van der Waals surface area (Å²) in [6.45, 7) is 2.11. The van der Waals surface area contributed by atoms with Gasteiger partial charge in [0.1, 0.15) is 17.4 Å². The molecular weight excluding hydrogens is 527 g/mol. The van der Waals surface area contributed by atoms with E-state index in [4.69, 9.17) is 48.9 Å². The van der Waals surface area contributed by atoms with Crippen molar-refractivity contribution in [2.75, 3.05) is 5.32 Å². The number of furan rings is 1. The maximum atomic E-state index is 12.6. The summed E-state index contributed by atoms with van der Waals surface area (Å²) >= 11 is 19.8. The molecule has 2 heterocycles. The van der Waals surface area contributed by atoms with Crippen LogP contribution in [0.3, 0.4) is 0 Å². The third-order valence-corrected chi connectivity index (χ3v) is 6.99. The van der Waals surface area contributed by atoms with Crippen LogP contribution in [0.15, 0.2) is 71.1 Å². The van der Waals surface area contributed by atoms with E-state index in [2.05, 4.69) is 24.4 Å². The van der Waals surface area contributed by atoms with Crippen LogP contribution in [-0.4, -0.2) is 10.9 Å². The predicted molar refractivity (Wildman–Crippen MR) is 142 cm³/mol. The number of carbonyl (C=O) groups is 1. The standard InChI is InChI=1S/C26H17Cl3N2O3S/c1-14-2-8-21-23(10-14)35-26(31-21)15-3-5-17(6-4-15)30-25(32)22-9-7-18(34-22)13-33-24-19(28)11-16(27)12-20(24)29/h2-12H,13H2,1H3,(H,30,32). The lowest BCUT2D eigenvalue weighted by Crippen LogP contribution is -2.10. The van der Waals surface area contributed by atoms with Gasteiger partial charge >= 0.3 is 0 Å². The summed E-state index contributed by atoms with van der Waals surface area (Å²) in [6.07, 6.45) is 0. The van der Waals surface area contributed by atoms with Crippen LogP contribution in [0.25, 0.3) is 20.8 Å². The molecule has 3 aromatic carbocycles. The van der Waals surface area contributed by atoms with Crippen molar-refractivity contribution in [3.05, 3.63) is 98.9 Å². The smallest absolute Gasteiger partial charge is 0.291 e. The van der Waals surface area contributed by atoms with Crippen molar-refractivity contribution in [3.63, 3.8) is 0 Å². The number of benzene rings is 3. The topological polar surface area (TPSA) is 64.4 Å². The molecule has 5 aromatic rings. The van der Waals surface area contributed by atoms with Crippen molar-refractivity contribution < 1.29 is 13.9 Å². The molecule has 1 N–H and O–H groups in total. The van der Waals surface area contributed by atoms with Gasteiger partial charge in [-0.05, 0) is 73.2 Å². The number of hydrogen-bond acceptors (Lipinski definition) is 5.